The molecule has 0 amide bonds. The van der Waals surface area contributed by atoms with Crippen molar-refractivity contribution < 1.29 is 0 Å². The van der Waals surface area contributed by atoms with E-state index in [1.165, 1.54) is 55.3 Å². The van der Waals surface area contributed by atoms with E-state index in [-0.39, 0.29) is 0 Å². The SMILES string of the molecule is CCCC1CCN(c2cc(N)ns2)CC1. The highest BCUT2D eigenvalue weighted by molar-refractivity contribution is 7.10. The molecule has 0 bridgehead atoms. The molecule has 0 atom stereocenters. The molecule has 1 aromatic heterocycles. The molecule has 2 N–H and O–H groups in total. The van der Waals surface area contributed by atoms with Gasteiger partial charge < -0.3 is 10.6 Å². The maximum atomic E-state index is 5.63. The van der Waals surface area contributed by atoms with Gasteiger partial charge in [-0.2, -0.15) is 4.37 Å². The molecule has 1 saturated heterocycles. The van der Waals surface area contributed by atoms with E-state index in [9.17, 15) is 0 Å². The monoisotopic (exact) mass is 225 g/mol. The molecule has 2 heterocycles. The van der Waals surface area contributed by atoms with E-state index >= 15 is 0 Å². The number of aromatic nitrogens is 1. The van der Waals surface area contributed by atoms with Gasteiger partial charge in [-0.25, -0.2) is 0 Å². The lowest BCUT2D eigenvalue weighted by Crippen LogP contribution is -2.32. The van der Waals surface area contributed by atoms with E-state index in [0.29, 0.717) is 5.82 Å². The quantitative estimate of drug-likeness (QED) is 0.860. The second-order valence-corrected chi connectivity index (χ2v) is 5.09. The van der Waals surface area contributed by atoms with Crippen LogP contribution in [-0.2, 0) is 0 Å². The van der Waals surface area contributed by atoms with Gasteiger partial charge in [0.25, 0.3) is 0 Å². The Morgan fingerprint density at radius 3 is 2.80 bits per heavy atom. The summed E-state index contributed by atoms with van der Waals surface area (Å²) in [5.74, 6) is 1.60. The first kappa shape index (κ1) is 10.7. The summed E-state index contributed by atoms with van der Waals surface area (Å²) in [6, 6.07) is 1.99. The number of nitrogens with two attached hydrogens (primary N) is 1. The molecule has 0 spiro atoms. The summed E-state index contributed by atoms with van der Waals surface area (Å²) in [6.45, 7) is 4.62. The smallest absolute Gasteiger partial charge is 0.139 e. The summed E-state index contributed by atoms with van der Waals surface area (Å²) < 4.78 is 4.12. The molecule has 0 aromatic carbocycles. The Morgan fingerprint density at radius 1 is 1.53 bits per heavy atom. The Balaban J connectivity index is 1.88. The normalized spacial score (nSPS) is 18.3. The predicted molar refractivity (Wildman–Crippen MR) is 66.4 cm³/mol. The van der Waals surface area contributed by atoms with E-state index in [1.807, 2.05) is 6.07 Å². The first-order valence-corrected chi connectivity index (χ1v) is 6.54. The zero-order valence-electron chi connectivity index (χ0n) is 9.28. The Bertz CT molecular complexity index is 303. The molecule has 0 radical (unpaired) electrons. The van der Waals surface area contributed by atoms with Crippen molar-refractivity contribution >= 4 is 22.4 Å². The highest BCUT2D eigenvalue weighted by atomic mass is 32.1. The van der Waals surface area contributed by atoms with Crippen LogP contribution in [0.3, 0.4) is 0 Å². The average Bonchev–Trinajstić information content (AvgIpc) is 2.67. The lowest BCUT2D eigenvalue weighted by Gasteiger charge is -2.32. The predicted octanol–water partition coefficient (Wildman–Crippen LogP) is 2.74. The molecule has 3 nitrogen and oxygen atoms in total. The van der Waals surface area contributed by atoms with Crippen LogP contribution in [-0.4, -0.2) is 17.5 Å². The van der Waals surface area contributed by atoms with E-state index in [2.05, 4.69) is 16.2 Å². The molecular weight excluding hydrogens is 206 g/mol. The van der Waals surface area contributed by atoms with Crippen LogP contribution in [0.15, 0.2) is 6.07 Å². The Hall–Kier alpha value is -0.770. The number of hydrogen-bond acceptors (Lipinski definition) is 4. The van der Waals surface area contributed by atoms with Crippen molar-refractivity contribution in [3.63, 3.8) is 0 Å². The summed E-state index contributed by atoms with van der Waals surface area (Å²) >= 11 is 1.52. The summed E-state index contributed by atoms with van der Waals surface area (Å²) in [6.07, 6.45) is 5.36. The zero-order chi connectivity index (χ0) is 10.7. The number of nitrogens with zero attached hydrogens (tertiary/aromatic N) is 2. The minimum atomic E-state index is 0.658. The van der Waals surface area contributed by atoms with Crippen molar-refractivity contribution in [1.82, 2.24) is 4.37 Å². The van der Waals surface area contributed by atoms with E-state index in [4.69, 9.17) is 5.73 Å². The largest absolute Gasteiger partial charge is 0.383 e. The summed E-state index contributed by atoms with van der Waals surface area (Å²) in [5, 5.41) is 1.24. The molecule has 15 heavy (non-hydrogen) atoms. The number of anilines is 2. The third kappa shape index (κ3) is 2.62. The third-order valence-electron chi connectivity index (χ3n) is 3.14. The van der Waals surface area contributed by atoms with Crippen LogP contribution in [0.25, 0.3) is 0 Å². The van der Waals surface area contributed by atoms with Gasteiger partial charge in [-0.05, 0) is 30.3 Å². The minimum absolute atomic E-state index is 0.658. The number of rotatable bonds is 3. The van der Waals surface area contributed by atoms with Crippen LogP contribution in [0.1, 0.15) is 32.6 Å². The summed E-state index contributed by atoms with van der Waals surface area (Å²) in [4.78, 5) is 2.42. The molecule has 2 rings (SSSR count). The van der Waals surface area contributed by atoms with Gasteiger partial charge in [0.15, 0.2) is 0 Å². The molecule has 84 valence electrons. The molecule has 1 aliphatic heterocycles. The molecule has 4 heteroatoms. The second-order valence-electron chi connectivity index (χ2n) is 4.31. The third-order valence-corrected chi connectivity index (χ3v) is 4.00. The van der Waals surface area contributed by atoms with Crippen LogP contribution in [0.2, 0.25) is 0 Å². The van der Waals surface area contributed by atoms with Crippen LogP contribution in [0, 0.1) is 5.92 Å². The van der Waals surface area contributed by atoms with E-state index < -0.39 is 0 Å². The van der Waals surface area contributed by atoms with Crippen LogP contribution in [0.4, 0.5) is 10.8 Å². The fourth-order valence-electron chi connectivity index (χ4n) is 2.28. The van der Waals surface area contributed by atoms with Gasteiger partial charge in [0.05, 0.1) is 0 Å². The molecular formula is C11H19N3S. The van der Waals surface area contributed by atoms with E-state index in [1.54, 1.807) is 0 Å². The van der Waals surface area contributed by atoms with Gasteiger partial charge in [0.1, 0.15) is 10.8 Å². The lowest BCUT2D eigenvalue weighted by atomic mass is 9.93. The van der Waals surface area contributed by atoms with Crippen molar-refractivity contribution in [3.8, 4) is 0 Å². The van der Waals surface area contributed by atoms with Gasteiger partial charge in [-0.15, -0.1) is 0 Å². The van der Waals surface area contributed by atoms with Crippen molar-refractivity contribution in [3.05, 3.63) is 6.07 Å². The van der Waals surface area contributed by atoms with Gasteiger partial charge in [0, 0.05) is 19.2 Å². The maximum Gasteiger partial charge on any atom is 0.139 e. The molecule has 1 aliphatic rings. The van der Waals surface area contributed by atoms with E-state index in [0.717, 1.165) is 5.92 Å². The number of piperidine rings is 1. The molecule has 1 aromatic rings. The standard InChI is InChI=1S/C11H19N3S/c1-2-3-9-4-6-14(7-5-9)11-8-10(12)13-15-11/h8-9H,2-7H2,1H3,(H2,12,13). The Labute approximate surface area is 95.4 Å². The number of nitrogen functional groups attached to an aromatic ring is 1. The van der Waals surface area contributed by atoms with Gasteiger partial charge in [-0.3, -0.25) is 0 Å². The Kier molecular flexibility index (Phi) is 3.46. The Morgan fingerprint density at radius 2 is 2.27 bits per heavy atom. The fraction of sp³-hybridized carbons (Fsp3) is 0.727. The summed E-state index contributed by atoms with van der Waals surface area (Å²) in [5.41, 5.74) is 5.63. The molecule has 0 unspecified atom stereocenters. The summed E-state index contributed by atoms with van der Waals surface area (Å²) in [7, 11) is 0. The highest BCUT2D eigenvalue weighted by Gasteiger charge is 2.19. The average molecular weight is 225 g/mol. The second kappa shape index (κ2) is 4.84. The van der Waals surface area contributed by atoms with Crippen LogP contribution in [0.5, 0.6) is 0 Å². The highest BCUT2D eigenvalue weighted by Crippen LogP contribution is 2.29. The number of hydrogen-bond donors (Lipinski definition) is 1. The van der Waals surface area contributed by atoms with Crippen molar-refractivity contribution in [2.75, 3.05) is 23.7 Å². The lowest BCUT2D eigenvalue weighted by molar-refractivity contribution is 0.379. The van der Waals surface area contributed by atoms with Crippen molar-refractivity contribution in [2.24, 2.45) is 5.92 Å². The fourth-order valence-corrected chi connectivity index (χ4v) is 3.00. The molecule has 0 saturated carbocycles. The van der Waals surface area contributed by atoms with Gasteiger partial charge in [0.2, 0.25) is 0 Å². The van der Waals surface area contributed by atoms with Crippen molar-refractivity contribution in [1.29, 1.82) is 0 Å². The molecule has 1 fully saturated rings. The van der Waals surface area contributed by atoms with Crippen LogP contribution >= 0.6 is 11.5 Å². The first-order valence-electron chi connectivity index (χ1n) is 5.76. The van der Waals surface area contributed by atoms with Crippen LogP contribution < -0.4 is 10.6 Å². The topological polar surface area (TPSA) is 42.1 Å². The maximum absolute atomic E-state index is 5.63. The van der Waals surface area contributed by atoms with Gasteiger partial charge >= 0.3 is 0 Å². The first-order chi connectivity index (χ1) is 7.29. The van der Waals surface area contributed by atoms with Crippen molar-refractivity contribution in [2.45, 2.75) is 32.6 Å². The zero-order valence-corrected chi connectivity index (χ0v) is 10.1. The minimum Gasteiger partial charge on any atom is -0.383 e. The molecule has 0 aliphatic carbocycles. The van der Waals surface area contributed by atoms with Gasteiger partial charge in [-0.1, -0.05) is 19.8 Å².